The SMILES string of the molecule is COc1ccc(CN2COc3cc(C)c4c(c3C2)O/C(=C\c2c(F)cccc2Cl)C4=O)cc1OC. The molecule has 0 saturated carbocycles. The second-order valence-corrected chi connectivity index (χ2v) is 8.81. The van der Waals surface area contributed by atoms with Crippen LogP contribution in [0.15, 0.2) is 48.2 Å². The molecule has 0 fully saturated rings. The molecule has 0 atom stereocenters. The van der Waals surface area contributed by atoms with Crippen LogP contribution in [-0.4, -0.2) is 31.6 Å². The number of allylic oxidation sites excluding steroid dienone is 1. The number of carbonyl (C=O) groups excluding carboxylic acids is 1. The Kier molecular flexibility index (Phi) is 6.13. The van der Waals surface area contributed by atoms with Gasteiger partial charge < -0.3 is 18.9 Å². The van der Waals surface area contributed by atoms with Gasteiger partial charge in [0.05, 0.1) is 30.4 Å². The molecule has 0 saturated heterocycles. The van der Waals surface area contributed by atoms with E-state index < -0.39 is 5.82 Å². The average molecular weight is 496 g/mol. The van der Waals surface area contributed by atoms with Crippen molar-refractivity contribution in [3.8, 4) is 23.0 Å². The summed E-state index contributed by atoms with van der Waals surface area (Å²) in [6.45, 7) is 3.30. The Morgan fingerprint density at radius 3 is 2.69 bits per heavy atom. The van der Waals surface area contributed by atoms with Crippen molar-refractivity contribution in [3.05, 3.63) is 86.9 Å². The standard InChI is InChI=1S/C27H23ClFNO5/c1-15-9-22-18(13-30(14-34-22)12-16-7-8-21(32-2)23(10-16)33-3)27-25(15)26(31)24(35-27)11-17-19(28)5-4-6-20(17)29/h4-11H,12-14H2,1-3H3/b24-11-. The predicted octanol–water partition coefficient (Wildman–Crippen LogP) is 5.77. The van der Waals surface area contributed by atoms with Crippen LogP contribution in [-0.2, 0) is 13.1 Å². The van der Waals surface area contributed by atoms with Crippen molar-refractivity contribution in [2.75, 3.05) is 21.0 Å². The van der Waals surface area contributed by atoms with E-state index >= 15 is 0 Å². The maximum atomic E-state index is 14.3. The fourth-order valence-electron chi connectivity index (χ4n) is 4.39. The lowest BCUT2D eigenvalue weighted by molar-refractivity contribution is 0.0871. The van der Waals surface area contributed by atoms with Crippen LogP contribution in [0.2, 0.25) is 5.02 Å². The number of hydrogen-bond donors (Lipinski definition) is 0. The maximum absolute atomic E-state index is 14.3. The molecule has 0 N–H and O–H groups in total. The Morgan fingerprint density at radius 1 is 1.14 bits per heavy atom. The van der Waals surface area contributed by atoms with E-state index in [1.165, 1.54) is 18.2 Å². The number of ketones is 1. The molecular weight excluding hydrogens is 473 g/mol. The van der Waals surface area contributed by atoms with E-state index in [0.717, 1.165) is 16.7 Å². The number of Topliss-reactive ketones (excluding diaryl/α,β-unsaturated/α-hetero) is 1. The molecule has 0 aromatic heterocycles. The number of rotatable bonds is 5. The van der Waals surface area contributed by atoms with Gasteiger partial charge in [0, 0.05) is 18.7 Å². The van der Waals surface area contributed by atoms with Gasteiger partial charge in [0.15, 0.2) is 17.3 Å². The quantitative estimate of drug-likeness (QED) is 0.419. The van der Waals surface area contributed by atoms with Crippen LogP contribution in [0, 0.1) is 12.7 Å². The summed E-state index contributed by atoms with van der Waals surface area (Å²) < 4.78 is 37.1. The molecule has 35 heavy (non-hydrogen) atoms. The van der Waals surface area contributed by atoms with Crippen molar-refractivity contribution >= 4 is 23.5 Å². The smallest absolute Gasteiger partial charge is 0.232 e. The zero-order valence-corrected chi connectivity index (χ0v) is 20.2. The van der Waals surface area contributed by atoms with Gasteiger partial charge in [0.2, 0.25) is 5.78 Å². The van der Waals surface area contributed by atoms with E-state index in [2.05, 4.69) is 4.90 Å². The minimum absolute atomic E-state index is 0.0283. The highest BCUT2D eigenvalue weighted by Gasteiger charge is 2.35. The van der Waals surface area contributed by atoms with E-state index in [1.54, 1.807) is 20.3 Å². The van der Waals surface area contributed by atoms with E-state index in [9.17, 15) is 9.18 Å². The number of fused-ring (bicyclic) bond motifs is 3. The molecule has 2 aliphatic heterocycles. The molecule has 0 unspecified atom stereocenters. The van der Waals surface area contributed by atoms with Crippen molar-refractivity contribution in [1.29, 1.82) is 0 Å². The highest BCUT2D eigenvalue weighted by Crippen LogP contribution is 2.44. The van der Waals surface area contributed by atoms with Gasteiger partial charge in [-0.2, -0.15) is 0 Å². The highest BCUT2D eigenvalue weighted by atomic mass is 35.5. The largest absolute Gasteiger partial charge is 0.493 e. The lowest BCUT2D eigenvalue weighted by Gasteiger charge is -2.30. The average Bonchev–Trinajstić information content (AvgIpc) is 3.18. The van der Waals surface area contributed by atoms with E-state index in [-0.39, 0.29) is 22.1 Å². The topological polar surface area (TPSA) is 57.2 Å². The van der Waals surface area contributed by atoms with Gasteiger partial charge in [0.1, 0.15) is 24.0 Å². The normalized spacial score (nSPS) is 15.9. The Morgan fingerprint density at radius 2 is 1.94 bits per heavy atom. The first-order valence-corrected chi connectivity index (χ1v) is 11.4. The second kappa shape index (κ2) is 9.24. The lowest BCUT2D eigenvalue weighted by Crippen LogP contribution is -2.31. The number of nitrogens with zero attached hydrogens (tertiary/aromatic N) is 1. The van der Waals surface area contributed by atoms with E-state index in [4.69, 9.17) is 30.5 Å². The van der Waals surface area contributed by atoms with Crippen molar-refractivity contribution in [3.63, 3.8) is 0 Å². The van der Waals surface area contributed by atoms with Gasteiger partial charge in [-0.05, 0) is 54.5 Å². The minimum Gasteiger partial charge on any atom is -0.493 e. The predicted molar refractivity (Wildman–Crippen MR) is 130 cm³/mol. The van der Waals surface area contributed by atoms with Gasteiger partial charge in [-0.15, -0.1) is 0 Å². The third kappa shape index (κ3) is 4.22. The number of ether oxygens (including phenoxy) is 4. The Bertz CT molecular complexity index is 1350. The number of hydrogen-bond acceptors (Lipinski definition) is 6. The molecule has 3 aromatic rings. The summed E-state index contributed by atoms with van der Waals surface area (Å²) in [6.07, 6.45) is 1.36. The fourth-order valence-corrected chi connectivity index (χ4v) is 4.61. The minimum atomic E-state index is -0.527. The summed E-state index contributed by atoms with van der Waals surface area (Å²) in [5.74, 6) is 1.61. The number of halogens is 2. The first-order valence-electron chi connectivity index (χ1n) is 11.0. The van der Waals surface area contributed by atoms with Crippen LogP contribution in [0.3, 0.4) is 0 Å². The molecule has 5 rings (SSSR count). The zero-order valence-electron chi connectivity index (χ0n) is 19.5. The van der Waals surface area contributed by atoms with E-state index in [0.29, 0.717) is 48.4 Å². The van der Waals surface area contributed by atoms with Crippen LogP contribution in [0.25, 0.3) is 6.08 Å². The fraction of sp³-hybridized carbons (Fsp3) is 0.222. The molecule has 0 aliphatic carbocycles. The summed E-state index contributed by atoms with van der Waals surface area (Å²) in [7, 11) is 3.20. The molecule has 0 radical (unpaired) electrons. The summed E-state index contributed by atoms with van der Waals surface area (Å²) in [4.78, 5) is 15.3. The summed E-state index contributed by atoms with van der Waals surface area (Å²) >= 11 is 6.16. The first-order chi connectivity index (χ1) is 16.9. The number of benzene rings is 3. The van der Waals surface area contributed by atoms with Crippen LogP contribution >= 0.6 is 11.6 Å². The summed E-state index contributed by atoms with van der Waals surface area (Å²) in [6, 6.07) is 12.0. The zero-order chi connectivity index (χ0) is 24.7. The number of aryl methyl sites for hydroxylation is 1. The molecule has 8 heteroatoms. The Balaban J connectivity index is 1.45. The van der Waals surface area contributed by atoms with Gasteiger partial charge in [-0.25, -0.2) is 4.39 Å². The molecule has 3 aromatic carbocycles. The van der Waals surface area contributed by atoms with Crippen LogP contribution in [0.1, 0.15) is 32.6 Å². The molecule has 6 nitrogen and oxygen atoms in total. The number of methoxy groups -OCH3 is 2. The van der Waals surface area contributed by atoms with Crippen LogP contribution in [0.4, 0.5) is 4.39 Å². The molecule has 2 heterocycles. The first kappa shape index (κ1) is 23.2. The van der Waals surface area contributed by atoms with Crippen molar-refractivity contribution in [1.82, 2.24) is 4.90 Å². The van der Waals surface area contributed by atoms with Crippen LogP contribution < -0.4 is 18.9 Å². The van der Waals surface area contributed by atoms with Crippen LogP contribution in [0.5, 0.6) is 23.0 Å². The lowest BCUT2D eigenvalue weighted by atomic mass is 9.98. The Labute approximate surface area is 207 Å². The van der Waals surface area contributed by atoms with Gasteiger partial charge in [-0.1, -0.05) is 23.7 Å². The molecule has 180 valence electrons. The summed E-state index contributed by atoms with van der Waals surface area (Å²) in [5, 5.41) is 0.202. The second-order valence-electron chi connectivity index (χ2n) is 8.40. The highest BCUT2D eigenvalue weighted by molar-refractivity contribution is 6.32. The molecule has 0 amide bonds. The third-order valence-corrected chi connectivity index (χ3v) is 6.45. The van der Waals surface area contributed by atoms with Crippen molar-refractivity contribution in [2.45, 2.75) is 20.0 Å². The van der Waals surface area contributed by atoms with Crippen molar-refractivity contribution in [2.24, 2.45) is 0 Å². The molecule has 0 spiro atoms. The van der Waals surface area contributed by atoms with Gasteiger partial charge >= 0.3 is 0 Å². The maximum Gasteiger partial charge on any atom is 0.232 e. The van der Waals surface area contributed by atoms with E-state index in [1.807, 2.05) is 31.2 Å². The third-order valence-electron chi connectivity index (χ3n) is 6.12. The van der Waals surface area contributed by atoms with Crippen molar-refractivity contribution < 1.29 is 28.1 Å². The molecule has 0 bridgehead atoms. The monoisotopic (exact) mass is 495 g/mol. The Hall–Kier alpha value is -3.55. The number of carbonyl (C=O) groups is 1. The summed E-state index contributed by atoms with van der Waals surface area (Å²) in [5.41, 5.74) is 3.10. The van der Waals surface area contributed by atoms with Gasteiger partial charge in [-0.3, -0.25) is 9.69 Å². The molecular formula is C27H23ClFNO5. The van der Waals surface area contributed by atoms with Gasteiger partial charge in [0.25, 0.3) is 0 Å². The molecule has 2 aliphatic rings.